The van der Waals surface area contributed by atoms with Crippen LogP contribution in [-0.2, 0) is 4.74 Å². The second-order valence-corrected chi connectivity index (χ2v) is 6.21. The number of aliphatic hydroxyl groups is 1. The van der Waals surface area contributed by atoms with E-state index in [1.807, 2.05) is 20.8 Å². The molecular formula is C13H23NO3. The fourth-order valence-electron chi connectivity index (χ4n) is 3.10. The van der Waals surface area contributed by atoms with Gasteiger partial charge in [-0.1, -0.05) is 0 Å². The third kappa shape index (κ3) is 2.57. The Bertz CT molecular complexity index is 290. The number of nitrogens with zero attached hydrogens (tertiary/aromatic N) is 1. The summed E-state index contributed by atoms with van der Waals surface area (Å²) in [6.45, 7) is 5.68. The minimum atomic E-state index is -0.465. The van der Waals surface area contributed by atoms with E-state index in [0.29, 0.717) is 5.92 Å². The van der Waals surface area contributed by atoms with Gasteiger partial charge in [-0.15, -0.1) is 0 Å². The van der Waals surface area contributed by atoms with Crippen LogP contribution in [0, 0.1) is 5.92 Å². The van der Waals surface area contributed by atoms with E-state index in [1.54, 1.807) is 4.90 Å². The number of piperidine rings is 2. The fraction of sp³-hybridized carbons (Fsp3) is 0.923. The molecule has 3 rings (SSSR count). The predicted molar refractivity (Wildman–Crippen MR) is 64.7 cm³/mol. The highest BCUT2D eigenvalue weighted by Gasteiger charge is 2.45. The zero-order valence-corrected chi connectivity index (χ0v) is 11.0. The molecule has 2 bridgehead atoms. The lowest BCUT2D eigenvalue weighted by Gasteiger charge is -2.50. The Morgan fingerprint density at radius 3 is 2.35 bits per heavy atom. The van der Waals surface area contributed by atoms with Crippen LogP contribution < -0.4 is 0 Å². The van der Waals surface area contributed by atoms with Gasteiger partial charge in [-0.2, -0.15) is 0 Å². The lowest BCUT2D eigenvalue weighted by Crippen LogP contribution is -2.59. The van der Waals surface area contributed by atoms with E-state index in [-0.39, 0.29) is 24.8 Å². The summed E-state index contributed by atoms with van der Waals surface area (Å²) in [5, 5.41) is 9.48. The molecule has 0 aromatic carbocycles. The molecule has 2 aliphatic heterocycles. The predicted octanol–water partition coefficient (Wildman–Crippen LogP) is 2.16. The number of hydrogen-bond donors (Lipinski definition) is 1. The highest BCUT2D eigenvalue weighted by atomic mass is 16.6. The summed E-state index contributed by atoms with van der Waals surface area (Å²) in [6.07, 6.45) is 4.12. The first kappa shape index (κ1) is 12.7. The average molecular weight is 241 g/mol. The smallest absolute Gasteiger partial charge is 0.410 e. The van der Waals surface area contributed by atoms with Gasteiger partial charge in [-0.3, -0.25) is 4.90 Å². The topological polar surface area (TPSA) is 49.8 Å². The van der Waals surface area contributed by atoms with Gasteiger partial charge in [-0.25, -0.2) is 4.79 Å². The van der Waals surface area contributed by atoms with Gasteiger partial charge < -0.3 is 9.84 Å². The van der Waals surface area contributed by atoms with Crippen molar-refractivity contribution in [3.63, 3.8) is 0 Å². The van der Waals surface area contributed by atoms with Gasteiger partial charge in [0.05, 0.1) is 12.6 Å². The standard InChI is InChI=1S/C13H23NO3/c1-13(2,3)17-12(16)14-10-6-4-9(5-7-10)11(14)8-15/h9-11,15H,4-8H2,1-3H3/t9?,10?,11-/m0/s1. The molecule has 0 spiro atoms. The highest BCUT2D eigenvalue weighted by Crippen LogP contribution is 2.40. The van der Waals surface area contributed by atoms with E-state index < -0.39 is 5.60 Å². The summed E-state index contributed by atoms with van der Waals surface area (Å²) in [4.78, 5) is 14.0. The van der Waals surface area contributed by atoms with E-state index in [0.717, 1.165) is 25.7 Å². The largest absolute Gasteiger partial charge is 0.444 e. The van der Waals surface area contributed by atoms with E-state index >= 15 is 0 Å². The maximum absolute atomic E-state index is 12.2. The van der Waals surface area contributed by atoms with Crippen molar-refractivity contribution in [1.29, 1.82) is 0 Å². The molecular weight excluding hydrogens is 218 g/mol. The molecule has 0 unspecified atom stereocenters. The molecule has 4 heteroatoms. The van der Waals surface area contributed by atoms with Gasteiger partial charge in [0.15, 0.2) is 0 Å². The molecule has 0 aromatic rings. The summed E-state index contributed by atoms with van der Waals surface area (Å²) in [5.74, 6) is 0.456. The van der Waals surface area contributed by atoms with Crippen LogP contribution in [-0.4, -0.2) is 40.4 Å². The average Bonchev–Trinajstić information content (AvgIpc) is 2.26. The van der Waals surface area contributed by atoms with E-state index in [2.05, 4.69) is 0 Å². The number of fused-ring (bicyclic) bond motifs is 3. The highest BCUT2D eigenvalue weighted by molar-refractivity contribution is 5.69. The van der Waals surface area contributed by atoms with Gasteiger partial charge in [0.25, 0.3) is 0 Å². The Morgan fingerprint density at radius 1 is 1.29 bits per heavy atom. The Balaban J connectivity index is 2.10. The van der Waals surface area contributed by atoms with E-state index in [1.165, 1.54) is 0 Å². The van der Waals surface area contributed by atoms with Crippen molar-refractivity contribution in [1.82, 2.24) is 4.90 Å². The number of amides is 1. The first-order chi connectivity index (χ1) is 7.92. The first-order valence-corrected chi connectivity index (χ1v) is 6.54. The minimum absolute atomic E-state index is 0.0302. The van der Waals surface area contributed by atoms with Crippen LogP contribution in [0.4, 0.5) is 4.79 Å². The van der Waals surface area contributed by atoms with Crippen molar-refractivity contribution in [3.05, 3.63) is 0 Å². The SMILES string of the molecule is CC(C)(C)OC(=O)N1C2CCC(CC2)[C@@H]1CO. The summed E-state index contributed by atoms with van der Waals surface area (Å²) in [7, 11) is 0. The second-order valence-electron chi connectivity index (χ2n) is 6.21. The zero-order chi connectivity index (χ0) is 12.6. The van der Waals surface area contributed by atoms with Crippen molar-refractivity contribution in [2.24, 2.45) is 5.92 Å². The Morgan fingerprint density at radius 2 is 1.88 bits per heavy atom. The van der Waals surface area contributed by atoms with E-state index in [4.69, 9.17) is 4.74 Å². The Kier molecular flexibility index (Phi) is 3.34. The fourth-order valence-corrected chi connectivity index (χ4v) is 3.10. The van der Waals surface area contributed by atoms with Crippen LogP contribution in [0.15, 0.2) is 0 Å². The molecule has 2 heterocycles. The number of carbonyl (C=O) groups is 1. The van der Waals surface area contributed by atoms with Crippen LogP contribution in [0.3, 0.4) is 0 Å². The maximum Gasteiger partial charge on any atom is 0.410 e. The summed E-state index contributed by atoms with van der Waals surface area (Å²) in [5.41, 5.74) is -0.465. The molecule has 1 N–H and O–H groups in total. The molecule has 98 valence electrons. The molecule has 4 nitrogen and oxygen atoms in total. The maximum atomic E-state index is 12.2. The van der Waals surface area contributed by atoms with E-state index in [9.17, 15) is 9.90 Å². The minimum Gasteiger partial charge on any atom is -0.444 e. The number of hydrogen-bond acceptors (Lipinski definition) is 3. The van der Waals surface area contributed by atoms with Gasteiger partial charge in [-0.05, 0) is 52.4 Å². The number of ether oxygens (including phenoxy) is 1. The normalized spacial score (nSPS) is 32.7. The van der Waals surface area contributed by atoms with Gasteiger partial charge in [0.1, 0.15) is 5.60 Å². The lowest BCUT2D eigenvalue weighted by atomic mass is 9.75. The zero-order valence-electron chi connectivity index (χ0n) is 11.0. The van der Waals surface area contributed by atoms with Crippen LogP contribution in [0.2, 0.25) is 0 Å². The van der Waals surface area contributed by atoms with Crippen molar-refractivity contribution < 1.29 is 14.6 Å². The van der Waals surface area contributed by atoms with Crippen molar-refractivity contribution >= 4 is 6.09 Å². The third-order valence-electron chi connectivity index (χ3n) is 3.83. The van der Waals surface area contributed by atoms with Crippen LogP contribution in [0.5, 0.6) is 0 Å². The Labute approximate surface area is 103 Å². The van der Waals surface area contributed by atoms with Crippen LogP contribution >= 0.6 is 0 Å². The second kappa shape index (κ2) is 4.48. The summed E-state index contributed by atoms with van der Waals surface area (Å²) >= 11 is 0. The summed E-state index contributed by atoms with van der Waals surface area (Å²) in [6, 6.07) is 0.240. The first-order valence-electron chi connectivity index (χ1n) is 6.54. The molecule has 3 fully saturated rings. The molecule has 2 saturated heterocycles. The van der Waals surface area contributed by atoms with Crippen LogP contribution in [0.25, 0.3) is 0 Å². The van der Waals surface area contributed by atoms with Crippen LogP contribution in [0.1, 0.15) is 46.5 Å². The number of carbonyl (C=O) groups excluding carboxylic acids is 1. The van der Waals surface area contributed by atoms with Gasteiger partial charge in [0, 0.05) is 6.04 Å². The lowest BCUT2D eigenvalue weighted by molar-refractivity contribution is -0.0543. The molecule has 3 aliphatic rings. The molecule has 0 aromatic heterocycles. The molecule has 1 saturated carbocycles. The number of rotatable bonds is 1. The Hall–Kier alpha value is -0.770. The summed E-state index contributed by atoms with van der Waals surface area (Å²) < 4.78 is 5.44. The molecule has 1 amide bonds. The molecule has 17 heavy (non-hydrogen) atoms. The molecule has 1 aliphatic carbocycles. The monoisotopic (exact) mass is 241 g/mol. The van der Waals surface area contributed by atoms with Crippen molar-refractivity contribution in [2.45, 2.75) is 64.1 Å². The van der Waals surface area contributed by atoms with Crippen molar-refractivity contribution in [3.8, 4) is 0 Å². The quantitative estimate of drug-likeness (QED) is 0.765. The third-order valence-corrected chi connectivity index (χ3v) is 3.83. The molecule has 0 radical (unpaired) electrons. The number of aliphatic hydroxyl groups excluding tert-OH is 1. The molecule has 1 atom stereocenters. The van der Waals surface area contributed by atoms with Gasteiger partial charge in [0.2, 0.25) is 0 Å². The van der Waals surface area contributed by atoms with Crippen molar-refractivity contribution in [2.75, 3.05) is 6.61 Å². The van der Waals surface area contributed by atoms with Gasteiger partial charge >= 0.3 is 6.09 Å².